The summed E-state index contributed by atoms with van der Waals surface area (Å²) in [6, 6.07) is 7.95. The Morgan fingerprint density at radius 3 is 3.10 bits per heavy atom. The summed E-state index contributed by atoms with van der Waals surface area (Å²) in [6.45, 7) is 2.59. The zero-order valence-electron chi connectivity index (χ0n) is 11.8. The van der Waals surface area contributed by atoms with E-state index in [2.05, 4.69) is 11.1 Å². The number of para-hydroxylation sites is 1. The highest BCUT2D eigenvalue weighted by Gasteiger charge is 2.25. The number of hydrogen-bond acceptors (Lipinski definition) is 5. The molecule has 21 heavy (non-hydrogen) atoms. The molecule has 0 fully saturated rings. The van der Waals surface area contributed by atoms with Crippen molar-refractivity contribution in [3.8, 4) is 5.75 Å². The first-order valence-electron chi connectivity index (χ1n) is 6.91. The van der Waals surface area contributed by atoms with Crippen LogP contribution in [-0.4, -0.2) is 28.2 Å². The molecule has 6 heteroatoms. The van der Waals surface area contributed by atoms with E-state index in [-0.39, 0.29) is 11.8 Å². The number of nitrogen functional groups attached to an aromatic ring is 1. The van der Waals surface area contributed by atoms with E-state index in [1.54, 1.807) is 17.8 Å². The minimum atomic E-state index is -0.496. The number of hydrogen-bond donors (Lipinski definition) is 1. The molecule has 2 aromatic rings. The van der Waals surface area contributed by atoms with Gasteiger partial charge < -0.3 is 19.8 Å². The van der Waals surface area contributed by atoms with Gasteiger partial charge in [-0.25, -0.2) is 9.78 Å². The number of esters is 1. The lowest BCUT2D eigenvalue weighted by Gasteiger charge is -2.12. The number of imidazole rings is 1. The van der Waals surface area contributed by atoms with E-state index in [9.17, 15) is 4.79 Å². The zero-order valence-corrected chi connectivity index (χ0v) is 11.8. The molecule has 0 amide bonds. The van der Waals surface area contributed by atoms with Crippen molar-refractivity contribution >= 4 is 11.8 Å². The Morgan fingerprint density at radius 2 is 2.33 bits per heavy atom. The first-order valence-corrected chi connectivity index (χ1v) is 6.91. The highest BCUT2D eigenvalue weighted by Crippen LogP contribution is 2.29. The summed E-state index contributed by atoms with van der Waals surface area (Å²) in [4.78, 5) is 15.7. The molecule has 0 saturated carbocycles. The van der Waals surface area contributed by atoms with Gasteiger partial charge >= 0.3 is 5.97 Å². The van der Waals surface area contributed by atoms with Gasteiger partial charge in [0.25, 0.3) is 0 Å². The number of benzene rings is 1. The van der Waals surface area contributed by atoms with Crippen molar-refractivity contribution in [1.29, 1.82) is 0 Å². The van der Waals surface area contributed by atoms with Gasteiger partial charge in [0.2, 0.25) is 0 Å². The topological polar surface area (TPSA) is 79.4 Å². The van der Waals surface area contributed by atoms with Crippen LogP contribution in [0.15, 0.2) is 30.6 Å². The third kappa shape index (κ3) is 2.56. The third-order valence-corrected chi connectivity index (χ3v) is 3.46. The Bertz CT molecular complexity index is 641. The van der Waals surface area contributed by atoms with E-state index in [0.717, 1.165) is 12.2 Å². The van der Waals surface area contributed by atoms with E-state index in [0.29, 0.717) is 19.0 Å². The van der Waals surface area contributed by atoms with E-state index in [4.69, 9.17) is 15.2 Å². The van der Waals surface area contributed by atoms with Gasteiger partial charge in [0, 0.05) is 6.42 Å². The summed E-state index contributed by atoms with van der Waals surface area (Å²) >= 11 is 0. The van der Waals surface area contributed by atoms with Crippen LogP contribution in [0.4, 0.5) is 5.82 Å². The van der Waals surface area contributed by atoms with Gasteiger partial charge in [-0.2, -0.15) is 0 Å². The quantitative estimate of drug-likeness (QED) is 0.865. The lowest BCUT2D eigenvalue weighted by atomic mass is 10.1. The summed E-state index contributed by atoms with van der Waals surface area (Å²) in [5.41, 5.74) is 7.31. The first kappa shape index (κ1) is 13.5. The largest absolute Gasteiger partial charge is 0.488 e. The maximum absolute atomic E-state index is 11.7. The lowest BCUT2D eigenvalue weighted by Crippen LogP contribution is -2.21. The van der Waals surface area contributed by atoms with Gasteiger partial charge in [0.1, 0.15) is 17.7 Å². The van der Waals surface area contributed by atoms with E-state index in [1.165, 1.54) is 5.56 Å². The number of fused-ring (bicyclic) bond motifs is 1. The van der Waals surface area contributed by atoms with Gasteiger partial charge in [-0.05, 0) is 18.6 Å². The Balaban J connectivity index is 1.71. The van der Waals surface area contributed by atoms with E-state index >= 15 is 0 Å². The molecule has 0 radical (unpaired) electrons. The molecular weight excluding hydrogens is 270 g/mol. The second kappa shape index (κ2) is 5.47. The van der Waals surface area contributed by atoms with Crippen molar-refractivity contribution in [2.45, 2.75) is 26.0 Å². The van der Waals surface area contributed by atoms with E-state index in [1.807, 2.05) is 18.2 Å². The molecule has 1 aromatic heterocycles. The van der Waals surface area contributed by atoms with Crippen molar-refractivity contribution in [3.63, 3.8) is 0 Å². The maximum atomic E-state index is 11.7. The smallest absolute Gasteiger partial charge is 0.360 e. The molecule has 1 unspecified atom stereocenters. The number of nitrogens with zero attached hydrogens (tertiary/aromatic N) is 2. The number of aromatic nitrogens is 2. The molecule has 0 aliphatic carbocycles. The van der Waals surface area contributed by atoms with Crippen LogP contribution in [0.25, 0.3) is 0 Å². The Hall–Kier alpha value is -2.50. The van der Waals surface area contributed by atoms with Crippen molar-refractivity contribution < 1.29 is 14.3 Å². The minimum absolute atomic E-state index is 0.00561. The predicted octanol–water partition coefficient (Wildman–Crippen LogP) is 1.65. The molecule has 0 saturated heterocycles. The monoisotopic (exact) mass is 287 g/mol. The third-order valence-electron chi connectivity index (χ3n) is 3.46. The van der Waals surface area contributed by atoms with Gasteiger partial charge in [0.15, 0.2) is 5.69 Å². The van der Waals surface area contributed by atoms with Crippen molar-refractivity contribution in [1.82, 2.24) is 9.55 Å². The molecule has 110 valence electrons. The molecule has 1 aliphatic heterocycles. The summed E-state index contributed by atoms with van der Waals surface area (Å²) < 4.78 is 12.5. The molecule has 3 rings (SSSR count). The number of carbonyl (C=O) groups excluding carboxylic acids is 1. The summed E-state index contributed by atoms with van der Waals surface area (Å²) in [7, 11) is 0. The summed E-state index contributed by atoms with van der Waals surface area (Å²) in [5, 5.41) is 0. The fourth-order valence-electron chi connectivity index (χ4n) is 2.47. The van der Waals surface area contributed by atoms with Crippen LogP contribution in [0.2, 0.25) is 0 Å². The van der Waals surface area contributed by atoms with Crippen LogP contribution in [-0.2, 0) is 17.7 Å². The van der Waals surface area contributed by atoms with Gasteiger partial charge in [-0.3, -0.25) is 0 Å². The standard InChI is InChI=1S/C15H17N3O3/c1-2-20-15(19)13-14(16)18(9-17-13)8-11-7-10-5-3-4-6-12(10)21-11/h3-6,9,11H,2,7-8,16H2,1H3. The van der Waals surface area contributed by atoms with Gasteiger partial charge in [-0.15, -0.1) is 0 Å². The van der Waals surface area contributed by atoms with Crippen LogP contribution in [0.3, 0.4) is 0 Å². The minimum Gasteiger partial charge on any atom is -0.488 e. The van der Waals surface area contributed by atoms with E-state index < -0.39 is 5.97 Å². The molecule has 2 N–H and O–H groups in total. The Morgan fingerprint density at radius 1 is 1.52 bits per heavy atom. The summed E-state index contributed by atoms with van der Waals surface area (Å²) in [5.74, 6) is 0.726. The van der Waals surface area contributed by atoms with Crippen LogP contribution >= 0.6 is 0 Å². The molecule has 6 nitrogen and oxygen atoms in total. The number of carbonyl (C=O) groups is 1. The van der Waals surface area contributed by atoms with Crippen molar-refractivity contribution in [2.75, 3.05) is 12.3 Å². The Labute approximate surface area is 122 Å². The Kier molecular flexibility index (Phi) is 3.51. The lowest BCUT2D eigenvalue weighted by molar-refractivity contribution is 0.0521. The summed E-state index contributed by atoms with van der Waals surface area (Å²) in [6.07, 6.45) is 2.37. The number of rotatable bonds is 4. The average molecular weight is 287 g/mol. The van der Waals surface area contributed by atoms with Gasteiger partial charge in [-0.1, -0.05) is 18.2 Å². The maximum Gasteiger partial charge on any atom is 0.360 e. The molecule has 1 aromatic carbocycles. The first-order chi connectivity index (χ1) is 10.2. The normalized spacial score (nSPS) is 16.3. The van der Waals surface area contributed by atoms with Gasteiger partial charge in [0.05, 0.1) is 19.5 Å². The van der Waals surface area contributed by atoms with Crippen molar-refractivity contribution in [3.05, 3.63) is 41.9 Å². The number of nitrogens with two attached hydrogens (primary N) is 1. The molecule has 0 bridgehead atoms. The molecule has 1 aliphatic rings. The fourth-order valence-corrected chi connectivity index (χ4v) is 2.47. The second-order valence-corrected chi connectivity index (χ2v) is 4.90. The molecule has 0 spiro atoms. The highest BCUT2D eigenvalue weighted by molar-refractivity contribution is 5.92. The fraction of sp³-hybridized carbons (Fsp3) is 0.333. The molecule has 1 atom stereocenters. The molecule has 2 heterocycles. The highest BCUT2D eigenvalue weighted by atomic mass is 16.5. The predicted molar refractivity (Wildman–Crippen MR) is 77.2 cm³/mol. The van der Waals surface area contributed by atoms with Crippen LogP contribution in [0.5, 0.6) is 5.75 Å². The van der Waals surface area contributed by atoms with Crippen LogP contribution in [0.1, 0.15) is 23.0 Å². The number of ether oxygens (including phenoxy) is 2. The average Bonchev–Trinajstić information content (AvgIpc) is 3.03. The number of anilines is 1. The second-order valence-electron chi connectivity index (χ2n) is 4.90. The zero-order chi connectivity index (χ0) is 14.8. The molecular formula is C15H17N3O3. The SMILES string of the molecule is CCOC(=O)c1ncn(CC2Cc3ccccc3O2)c1N. The van der Waals surface area contributed by atoms with Crippen LogP contribution < -0.4 is 10.5 Å². The van der Waals surface area contributed by atoms with Crippen molar-refractivity contribution in [2.24, 2.45) is 0 Å². The van der Waals surface area contributed by atoms with Crippen LogP contribution in [0, 0.1) is 0 Å².